The van der Waals surface area contributed by atoms with Crippen molar-refractivity contribution in [2.24, 2.45) is 0 Å². The van der Waals surface area contributed by atoms with Crippen LogP contribution >= 0.6 is 0 Å². The van der Waals surface area contributed by atoms with E-state index in [0.29, 0.717) is 24.0 Å². The van der Waals surface area contributed by atoms with Gasteiger partial charge in [-0.25, -0.2) is 0 Å². The van der Waals surface area contributed by atoms with E-state index in [2.05, 4.69) is 20.4 Å². The molecule has 1 atom stereocenters. The van der Waals surface area contributed by atoms with E-state index in [-0.39, 0.29) is 11.9 Å². The van der Waals surface area contributed by atoms with Crippen molar-refractivity contribution in [1.82, 2.24) is 25.3 Å². The van der Waals surface area contributed by atoms with Crippen molar-refractivity contribution in [2.45, 2.75) is 19.5 Å². The van der Waals surface area contributed by atoms with Gasteiger partial charge in [0.25, 0.3) is 5.91 Å². The van der Waals surface area contributed by atoms with E-state index < -0.39 is 0 Å². The maximum atomic E-state index is 11.9. The molecule has 8 nitrogen and oxygen atoms in total. The molecule has 3 rings (SSSR count). The van der Waals surface area contributed by atoms with Crippen molar-refractivity contribution in [2.75, 3.05) is 21.2 Å². The average Bonchev–Trinajstić information content (AvgIpc) is 3.35. The molecule has 2 N–H and O–H groups in total. The van der Waals surface area contributed by atoms with E-state index in [4.69, 9.17) is 9.26 Å². The summed E-state index contributed by atoms with van der Waals surface area (Å²) in [5, 5.41) is 7.35. The Morgan fingerprint density at radius 3 is 2.89 bits per heavy atom. The zero-order valence-corrected chi connectivity index (χ0v) is 15.8. The van der Waals surface area contributed by atoms with Crippen molar-refractivity contribution >= 4 is 5.91 Å². The van der Waals surface area contributed by atoms with Gasteiger partial charge in [0.1, 0.15) is 11.4 Å². The van der Waals surface area contributed by atoms with E-state index in [0.717, 1.165) is 17.0 Å². The number of benzene rings is 1. The molecule has 142 valence electrons. The minimum absolute atomic E-state index is 0.0610. The normalized spacial score (nSPS) is 12.0. The second-order valence-electron chi connectivity index (χ2n) is 6.39. The van der Waals surface area contributed by atoms with Crippen molar-refractivity contribution in [3.05, 3.63) is 53.7 Å². The number of aromatic nitrogens is 3. The highest BCUT2D eigenvalue weighted by Gasteiger charge is 2.16. The highest BCUT2D eigenvalue weighted by molar-refractivity contribution is 5.92. The first-order chi connectivity index (χ1) is 13.0. The summed E-state index contributed by atoms with van der Waals surface area (Å²) in [7, 11) is 5.06. The molecule has 0 bridgehead atoms. The number of hydrogen-bond donors (Lipinski definition) is 2. The van der Waals surface area contributed by atoms with Gasteiger partial charge in [-0.15, -0.1) is 0 Å². The molecule has 3 aromatic rings. The third-order valence-electron chi connectivity index (χ3n) is 4.12. The molecule has 0 aliphatic carbocycles. The van der Waals surface area contributed by atoms with Crippen LogP contribution in [0.5, 0.6) is 5.75 Å². The Labute approximate surface area is 157 Å². The maximum Gasteiger partial charge on any atom is 0.269 e. The van der Waals surface area contributed by atoms with Crippen LogP contribution in [0.4, 0.5) is 0 Å². The molecule has 0 radical (unpaired) electrons. The third-order valence-corrected chi connectivity index (χ3v) is 4.12. The summed E-state index contributed by atoms with van der Waals surface area (Å²) in [6, 6.07) is 11.0. The van der Waals surface area contributed by atoms with E-state index in [1.807, 2.05) is 37.3 Å². The smallest absolute Gasteiger partial charge is 0.269 e. The van der Waals surface area contributed by atoms with Gasteiger partial charge in [-0.3, -0.25) is 4.79 Å². The lowest BCUT2D eigenvalue weighted by atomic mass is 10.2. The van der Waals surface area contributed by atoms with E-state index in [1.165, 1.54) is 4.90 Å². The fourth-order valence-electron chi connectivity index (χ4n) is 2.55. The minimum Gasteiger partial charge on any atom is -0.497 e. The number of carbonyl (C=O) groups is 1. The van der Waals surface area contributed by atoms with E-state index in [9.17, 15) is 4.79 Å². The van der Waals surface area contributed by atoms with Gasteiger partial charge in [-0.2, -0.15) is 4.98 Å². The third kappa shape index (κ3) is 4.35. The Morgan fingerprint density at radius 2 is 2.15 bits per heavy atom. The molecule has 1 unspecified atom stereocenters. The number of hydrogen-bond acceptors (Lipinski definition) is 6. The average molecular weight is 369 g/mol. The van der Waals surface area contributed by atoms with Gasteiger partial charge < -0.3 is 24.5 Å². The van der Waals surface area contributed by atoms with Crippen molar-refractivity contribution in [3.8, 4) is 17.1 Å². The monoisotopic (exact) mass is 369 g/mol. The molecule has 0 saturated carbocycles. The summed E-state index contributed by atoms with van der Waals surface area (Å²) in [6.07, 6.45) is 0. The van der Waals surface area contributed by atoms with E-state index in [1.54, 1.807) is 27.3 Å². The summed E-state index contributed by atoms with van der Waals surface area (Å²) < 4.78 is 10.6. The summed E-state index contributed by atoms with van der Waals surface area (Å²) in [6.45, 7) is 2.48. The summed E-state index contributed by atoms with van der Waals surface area (Å²) in [4.78, 5) is 21.0. The lowest BCUT2D eigenvalue weighted by molar-refractivity contribution is 0.0822. The molecule has 0 aliphatic rings. The lowest BCUT2D eigenvalue weighted by Gasteiger charge is -2.09. The second-order valence-corrected chi connectivity index (χ2v) is 6.39. The molecule has 1 amide bonds. The Balaban J connectivity index is 1.63. The number of nitrogens with zero attached hydrogens (tertiary/aromatic N) is 3. The van der Waals surface area contributed by atoms with Crippen LogP contribution in [-0.2, 0) is 6.54 Å². The molecule has 8 heteroatoms. The molecule has 1 aromatic carbocycles. The van der Waals surface area contributed by atoms with Crippen LogP contribution in [0.2, 0.25) is 0 Å². The Hall–Kier alpha value is -3.13. The number of methoxy groups -OCH3 is 1. The standard InChI is InChI=1S/C19H23N5O3/c1-12(20-11-14-8-9-16(21-14)19(25)24(2)3)18-22-17(23-27-18)13-6-5-7-15(10-13)26-4/h5-10,12,20-21H,11H2,1-4H3. The van der Waals surface area contributed by atoms with Crippen LogP contribution in [0.1, 0.15) is 35.0 Å². The van der Waals surface area contributed by atoms with Crippen LogP contribution in [0.3, 0.4) is 0 Å². The Morgan fingerprint density at radius 1 is 1.33 bits per heavy atom. The fraction of sp³-hybridized carbons (Fsp3) is 0.316. The van der Waals surface area contributed by atoms with Gasteiger partial charge in [-0.1, -0.05) is 17.3 Å². The molecule has 0 fully saturated rings. The van der Waals surface area contributed by atoms with Gasteiger partial charge in [0.05, 0.1) is 13.2 Å². The van der Waals surface area contributed by atoms with Gasteiger partial charge in [0.15, 0.2) is 0 Å². The van der Waals surface area contributed by atoms with Gasteiger partial charge >= 0.3 is 0 Å². The molecule has 27 heavy (non-hydrogen) atoms. The SMILES string of the molecule is COc1cccc(-c2noc(C(C)NCc3ccc(C(=O)N(C)C)[nH]3)n2)c1. The molecular weight excluding hydrogens is 346 g/mol. The maximum absolute atomic E-state index is 11.9. The number of rotatable bonds is 7. The zero-order chi connectivity index (χ0) is 19.4. The van der Waals surface area contributed by atoms with Crippen molar-refractivity contribution < 1.29 is 14.1 Å². The first-order valence-corrected chi connectivity index (χ1v) is 8.59. The van der Waals surface area contributed by atoms with Crippen LogP contribution in [0.25, 0.3) is 11.4 Å². The van der Waals surface area contributed by atoms with Crippen LogP contribution in [0, 0.1) is 0 Å². The van der Waals surface area contributed by atoms with Crippen molar-refractivity contribution in [3.63, 3.8) is 0 Å². The summed E-state index contributed by atoms with van der Waals surface area (Å²) >= 11 is 0. The van der Waals surface area contributed by atoms with Gasteiger partial charge in [-0.05, 0) is 31.2 Å². The summed E-state index contributed by atoms with van der Waals surface area (Å²) in [5.41, 5.74) is 2.29. The predicted octanol–water partition coefficient (Wildman–Crippen LogP) is 2.63. The number of H-pyrrole nitrogens is 1. The Bertz CT molecular complexity index is 915. The van der Waals surface area contributed by atoms with Crippen LogP contribution < -0.4 is 10.1 Å². The second kappa shape index (κ2) is 8.05. The number of amides is 1. The first kappa shape index (κ1) is 18.7. The molecule has 0 saturated heterocycles. The number of carbonyl (C=O) groups excluding carboxylic acids is 1. The van der Waals surface area contributed by atoms with Crippen LogP contribution in [-0.4, -0.2) is 47.1 Å². The fourth-order valence-corrected chi connectivity index (χ4v) is 2.55. The van der Waals surface area contributed by atoms with Gasteiger partial charge in [0, 0.05) is 31.9 Å². The molecular formula is C19H23N5O3. The molecule has 0 aliphatic heterocycles. The highest BCUT2D eigenvalue weighted by Crippen LogP contribution is 2.22. The molecule has 0 spiro atoms. The topological polar surface area (TPSA) is 96.3 Å². The van der Waals surface area contributed by atoms with Gasteiger partial charge in [0.2, 0.25) is 11.7 Å². The molecule has 2 heterocycles. The van der Waals surface area contributed by atoms with Crippen molar-refractivity contribution in [1.29, 1.82) is 0 Å². The molecule has 2 aromatic heterocycles. The van der Waals surface area contributed by atoms with E-state index >= 15 is 0 Å². The van der Waals surface area contributed by atoms with Crippen LogP contribution in [0.15, 0.2) is 40.9 Å². The predicted molar refractivity (Wildman–Crippen MR) is 100 cm³/mol. The number of nitrogens with one attached hydrogen (secondary N) is 2. The minimum atomic E-state index is -0.145. The zero-order valence-electron chi connectivity index (χ0n) is 15.8. The number of aromatic amines is 1. The quantitative estimate of drug-likeness (QED) is 0.665. The number of ether oxygens (including phenoxy) is 1. The Kier molecular flexibility index (Phi) is 5.56. The lowest BCUT2D eigenvalue weighted by Crippen LogP contribution is -2.22. The highest BCUT2D eigenvalue weighted by atomic mass is 16.5. The summed E-state index contributed by atoms with van der Waals surface area (Å²) in [5.74, 6) is 1.68. The first-order valence-electron chi connectivity index (χ1n) is 8.59. The largest absolute Gasteiger partial charge is 0.497 e.